The lowest BCUT2D eigenvalue weighted by atomic mass is 10.1. The molecule has 0 saturated carbocycles. The number of amides is 1. The first kappa shape index (κ1) is 12.4. The molecule has 0 bridgehead atoms. The van der Waals surface area contributed by atoms with E-state index in [0.717, 1.165) is 16.5 Å². The normalized spacial score (nSPS) is 15.6. The Labute approximate surface area is 114 Å². The zero-order valence-corrected chi connectivity index (χ0v) is 11.8. The van der Waals surface area contributed by atoms with Crippen molar-refractivity contribution in [2.24, 2.45) is 0 Å². The number of nitrogens with zero attached hydrogens (tertiary/aromatic N) is 1. The van der Waals surface area contributed by atoms with Crippen molar-refractivity contribution >= 4 is 28.5 Å². The van der Waals surface area contributed by atoms with Crippen LogP contribution in [0.3, 0.4) is 0 Å². The Morgan fingerprint density at radius 1 is 1.47 bits per heavy atom. The van der Waals surface area contributed by atoms with Gasteiger partial charge in [-0.25, -0.2) is 0 Å². The molecule has 0 spiro atoms. The molecule has 3 nitrogen and oxygen atoms in total. The average Bonchev–Trinajstić information content (AvgIpc) is 2.31. The molecule has 0 unspecified atom stereocenters. The standard InChI is InChI=1S/C13H14INO2/c1-9-3-2-6-15(8-9)13(17)11-7-10(14)4-5-12(11)16/h3-5,7,16H,2,6,8H2,1H3. The van der Waals surface area contributed by atoms with Gasteiger partial charge in [-0.3, -0.25) is 4.79 Å². The van der Waals surface area contributed by atoms with Crippen molar-refractivity contribution in [2.45, 2.75) is 13.3 Å². The molecule has 1 N–H and O–H groups in total. The fourth-order valence-electron chi connectivity index (χ4n) is 1.93. The minimum absolute atomic E-state index is 0.0580. The predicted molar refractivity (Wildman–Crippen MR) is 75.1 cm³/mol. The van der Waals surface area contributed by atoms with E-state index >= 15 is 0 Å². The van der Waals surface area contributed by atoms with E-state index in [4.69, 9.17) is 0 Å². The lowest BCUT2D eigenvalue weighted by Crippen LogP contribution is -2.35. The summed E-state index contributed by atoms with van der Waals surface area (Å²) in [6, 6.07) is 5.08. The van der Waals surface area contributed by atoms with E-state index in [2.05, 4.69) is 28.7 Å². The number of aromatic hydroxyl groups is 1. The van der Waals surface area contributed by atoms with E-state index < -0.39 is 0 Å². The van der Waals surface area contributed by atoms with E-state index in [1.54, 1.807) is 23.1 Å². The molecule has 0 fully saturated rings. The molecular weight excluding hydrogens is 329 g/mol. The molecule has 1 aliphatic rings. The summed E-state index contributed by atoms with van der Waals surface area (Å²) < 4.78 is 0.952. The Kier molecular flexibility index (Phi) is 3.71. The summed E-state index contributed by atoms with van der Waals surface area (Å²) in [4.78, 5) is 14.0. The molecule has 90 valence electrons. The Bertz CT molecular complexity index is 482. The molecule has 1 amide bonds. The van der Waals surface area contributed by atoms with Gasteiger partial charge < -0.3 is 10.0 Å². The van der Waals surface area contributed by atoms with Gasteiger partial charge in [0.15, 0.2) is 0 Å². The Balaban J connectivity index is 2.25. The first-order valence-corrected chi connectivity index (χ1v) is 6.59. The highest BCUT2D eigenvalue weighted by atomic mass is 127. The number of carbonyl (C=O) groups excluding carboxylic acids is 1. The van der Waals surface area contributed by atoms with Gasteiger partial charge in [-0.05, 0) is 54.1 Å². The largest absolute Gasteiger partial charge is 0.507 e. The molecule has 1 aromatic carbocycles. The average molecular weight is 343 g/mol. The Morgan fingerprint density at radius 2 is 2.24 bits per heavy atom. The smallest absolute Gasteiger partial charge is 0.257 e. The quantitative estimate of drug-likeness (QED) is 0.629. The van der Waals surface area contributed by atoms with Crippen LogP contribution in [0.2, 0.25) is 0 Å². The molecule has 17 heavy (non-hydrogen) atoms. The van der Waals surface area contributed by atoms with Crippen molar-refractivity contribution < 1.29 is 9.90 Å². The van der Waals surface area contributed by atoms with Gasteiger partial charge >= 0.3 is 0 Å². The number of phenolic OH excluding ortho intramolecular Hbond substituents is 1. The van der Waals surface area contributed by atoms with Crippen LogP contribution in [0.5, 0.6) is 5.75 Å². The van der Waals surface area contributed by atoms with Crippen LogP contribution in [0.4, 0.5) is 0 Å². The summed E-state index contributed by atoms with van der Waals surface area (Å²) in [5.74, 6) is -0.0314. The van der Waals surface area contributed by atoms with Crippen LogP contribution in [0.25, 0.3) is 0 Å². The lowest BCUT2D eigenvalue weighted by Gasteiger charge is -2.26. The third-order valence-corrected chi connectivity index (χ3v) is 3.48. The van der Waals surface area contributed by atoms with Crippen molar-refractivity contribution in [1.82, 2.24) is 4.90 Å². The molecule has 0 atom stereocenters. The minimum atomic E-state index is -0.0894. The van der Waals surface area contributed by atoms with Crippen molar-refractivity contribution in [3.05, 3.63) is 39.0 Å². The van der Waals surface area contributed by atoms with Gasteiger partial charge in [0, 0.05) is 16.7 Å². The van der Waals surface area contributed by atoms with Gasteiger partial charge in [0.1, 0.15) is 5.75 Å². The number of benzene rings is 1. The fraction of sp³-hybridized carbons (Fsp3) is 0.308. The van der Waals surface area contributed by atoms with E-state index in [9.17, 15) is 9.90 Å². The second-order valence-electron chi connectivity index (χ2n) is 4.23. The van der Waals surface area contributed by atoms with E-state index in [1.807, 2.05) is 6.92 Å². The number of rotatable bonds is 1. The van der Waals surface area contributed by atoms with Gasteiger partial charge in [0.05, 0.1) is 5.56 Å². The minimum Gasteiger partial charge on any atom is -0.507 e. The van der Waals surface area contributed by atoms with E-state index in [-0.39, 0.29) is 11.7 Å². The fourth-order valence-corrected chi connectivity index (χ4v) is 2.43. The van der Waals surface area contributed by atoms with Gasteiger partial charge in [0.2, 0.25) is 0 Å². The Hall–Kier alpha value is -1.04. The van der Waals surface area contributed by atoms with Gasteiger partial charge in [-0.15, -0.1) is 0 Å². The topological polar surface area (TPSA) is 40.5 Å². The molecule has 0 saturated heterocycles. The summed E-state index contributed by atoms with van der Waals surface area (Å²) in [5.41, 5.74) is 1.60. The van der Waals surface area contributed by atoms with Gasteiger partial charge in [-0.1, -0.05) is 11.6 Å². The number of carbonyl (C=O) groups is 1. The van der Waals surface area contributed by atoms with Crippen LogP contribution in [0.15, 0.2) is 29.8 Å². The summed E-state index contributed by atoms with van der Waals surface area (Å²) in [5, 5.41) is 9.74. The maximum absolute atomic E-state index is 12.3. The highest BCUT2D eigenvalue weighted by Gasteiger charge is 2.20. The van der Waals surface area contributed by atoms with Crippen molar-refractivity contribution in [3.63, 3.8) is 0 Å². The van der Waals surface area contributed by atoms with Crippen LogP contribution in [-0.4, -0.2) is 29.0 Å². The lowest BCUT2D eigenvalue weighted by molar-refractivity contribution is 0.0763. The van der Waals surface area contributed by atoms with Crippen LogP contribution >= 0.6 is 22.6 Å². The molecule has 0 aromatic heterocycles. The Morgan fingerprint density at radius 3 is 2.94 bits per heavy atom. The van der Waals surface area contributed by atoms with Crippen molar-refractivity contribution in [1.29, 1.82) is 0 Å². The monoisotopic (exact) mass is 343 g/mol. The number of hydrogen-bond acceptors (Lipinski definition) is 2. The maximum atomic E-state index is 12.3. The van der Waals surface area contributed by atoms with Crippen molar-refractivity contribution in [3.8, 4) is 5.75 Å². The summed E-state index contributed by atoms with van der Waals surface area (Å²) in [6.07, 6.45) is 3.04. The molecule has 1 aromatic rings. The molecule has 0 aliphatic carbocycles. The maximum Gasteiger partial charge on any atom is 0.257 e. The summed E-state index contributed by atoms with van der Waals surface area (Å²) in [7, 11) is 0. The number of hydrogen-bond donors (Lipinski definition) is 1. The van der Waals surface area contributed by atoms with Gasteiger partial charge in [-0.2, -0.15) is 0 Å². The first-order valence-electron chi connectivity index (χ1n) is 5.51. The molecule has 1 aliphatic heterocycles. The van der Waals surface area contributed by atoms with E-state index in [1.165, 1.54) is 5.57 Å². The zero-order chi connectivity index (χ0) is 12.4. The van der Waals surface area contributed by atoms with Crippen molar-refractivity contribution in [2.75, 3.05) is 13.1 Å². The van der Waals surface area contributed by atoms with Crippen LogP contribution in [0, 0.1) is 3.57 Å². The third kappa shape index (κ3) is 2.80. The summed E-state index contributed by atoms with van der Waals surface area (Å²) >= 11 is 2.14. The first-order chi connectivity index (χ1) is 8.08. The van der Waals surface area contributed by atoms with Crippen LogP contribution < -0.4 is 0 Å². The van der Waals surface area contributed by atoms with E-state index in [0.29, 0.717) is 12.1 Å². The predicted octanol–water partition coefficient (Wildman–Crippen LogP) is 2.79. The number of halogens is 1. The second-order valence-corrected chi connectivity index (χ2v) is 5.47. The highest BCUT2D eigenvalue weighted by molar-refractivity contribution is 14.1. The SMILES string of the molecule is CC1=CCCN(C(=O)c2cc(I)ccc2O)C1. The molecular formula is C13H14INO2. The molecule has 2 rings (SSSR count). The van der Waals surface area contributed by atoms with Crippen LogP contribution in [0.1, 0.15) is 23.7 Å². The second kappa shape index (κ2) is 5.08. The summed E-state index contributed by atoms with van der Waals surface area (Å²) in [6.45, 7) is 3.40. The number of phenols is 1. The highest BCUT2D eigenvalue weighted by Crippen LogP contribution is 2.22. The third-order valence-electron chi connectivity index (χ3n) is 2.81. The molecule has 4 heteroatoms. The zero-order valence-electron chi connectivity index (χ0n) is 9.61. The van der Waals surface area contributed by atoms with Gasteiger partial charge in [0.25, 0.3) is 5.91 Å². The van der Waals surface area contributed by atoms with Crippen LogP contribution in [-0.2, 0) is 0 Å². The molecule has 1 heterocycles. The molecule has 0 radical (unpaired) electrons.